The van der Waals surface area contributed by atoms with Gasteiger partial charge in [-0.05, 0) is 54.9 Å². The third-order valence-electron chi connectivity index (χ3n) is 7.35. The molecule has 0 spiro atoms. The highest BCUT2D eigenvalue weighted by atomic mass is 16.7. The maximum absolute atomic E-state index is 6.13. The van der Waals surface area contributed by atoms with Crippen LogP contribution in [0.15, 0.2) is 24.3 Å². The predicted molar refractivity (Wildman–Crippen MR) is 106 cm³/mol. The number of benzene rings is 1. The van der Waals surface area contributed by atoms with Crippen LogP contribution < -0.4 is 0 Å². The number of rotatable bonds is 3. The van der Waals surface area contributed by atoms with Gasteiger partial charge in [0.1, 0.15) is 0 Å². The van der Waals surface area contributed by atoms with E-state index in [-0.39, 0.29) is 6.29 Å². The summed E-state index contributed by atoms with van der Waals surface area (Å²) in [5.74, 6) is 3.99. The average molecular weight is 357 g/mol. The lowest BCUT2D eigenvalue weighted by Gasteiger charge is -2.37. The molecule has 3 fully saturated rings. The van der Waals surface area contributed by atoms with Gasteiger partial charge in [-0.3, -0.25) is 0 Å². The van der Waals surface area contributed by atoms with Gasteiger partial charge >= 0.3 is 0 Å². The molecule has 3 aliphatic rings. The molecule has 1 saturated heterocycles. The van der Waals surface area contributed by atoms with E-state index in [4.69, 9.17) is 9.47 Å². The first kappa shape index (κ1) is 18.5. The Kier molecular flexibility index (Phi) is 6.00. The van der Waals surface area contributed by atoms with E-state index >= 15 is 0 Å². The molecule has 0 unspecified atom stereocenters. The van der Waals surface area contributed by atoms with E-state index in [1.165, 1.54) is 62.5 Å². The molecule has 1 aromatic rings. The third kappa shape index (κ3) is 4.34. The first-order chi connectivity index (χ1) is 12.7. The van der Waals surface area contributed by atoms with Gasteiger partial charge in [-0.2, -0.15) is 0 Å². The fourth-order valence-corrected chi connectivity index (χ4v) is 5.26. The van der Waals surface area contributed by atoms with Crippen LogP contribution in [0.4, 0.5) is 0 Å². The first-order valence-corrected chi connectivity index (χ1v) is 11.0. The predicted octanol–water partition coefficient (Wildman–Crippen LogP) is 6.47. The van der Waals surface area contributed by atoms with Crippen molar-refractivity contribution >= 4 is 0 Å². The SMILES string of the molecule is CC1CCC(c2ccc(C3OCC(C4CCC(C)CC4)CO3)cc2)CC1. The molecular formula is C24H36O2. The van der Waals surface area contributed by atoms with Crippen LogP contribution in [-0.2, 0) is 9.47 Å². The second kappa shape index (κ2) is 8.44. The van der Waals surface area contributed by atoms with Crippen LogP contribution in [0.1, 0.15) is 88.5 Å². The number of hydrogen-bond acceptors (Lipinski definition) is 2. The Morgan fingerprint density at radius 2 is 1.12 bits per heavy atom. The van der Waals surface area contributed by atoms with Crippen molar-refractivity contribution in [1.29, 1.82) is 0 Å². The molecule has 0 atom stereocenters. The Bertz CT molecular complexity index is 542. The Labute approximate surface area is 159 Å². The van der Waals surface area contributed by atoms with Crippen molar-refractivity contribution in [3.63, 3.8) is 0 Å². The maximum atomic E-state index is 6.13. The molecule has 26 heavy (non-hydrogen) atoms. The molecule has 2 saturated carbocycles. The zero-order valence-corrected chi connectivity index (χ0v) is 16.7. The van der Waals surface area contributed by atoms with Crippen LogP contribution in [-0.4, -0.2) is 13.2 Å². The van der Waals surface area contributed by atoms with Crippen LogP contribution in [0.2, 0.25) is 0 Å². The van der Waals surface area contributed by atoms with Crippen LogP contribution >= 0.6 is 0 Å². The Morgan fingerprint density at radius 1 is 0.615 bits per heavy atom. The zero-order chi connectivity index (χ0) is 17.9. The van der Waals surface area contributed by atoms with E-state index in [1.807, 2.05) is 0 Å². The fraction of sp³-hybridized carbons (Fsp3) is 0.750. The van der Waals surface area contributed by atoms with Crippen molar-refractivity contribution in [3.8, 4) is 0 Å². The summed E-state index contributed by atoms with van der Waals surface area (Å²) in [6.07, 6.45) is 10.8. The van der Waals surface area contributed by atoms with Gasteiger partial charge in [-0.1, -0.05) is 63.8 Å². The van der Waals surface area contributed by atoms with E-state index < -0.39 is 0 Å². The van der Waals surface area contributed by atoms with Crippen LogP contribution in [0.3, 0.4) is 0 Å². The lowest BCUT2D eigenvalue weighted by molar-refractivity contribution is -0.214. The average Bonchev–Trinajstić information content (AvgIpc) is 2.70. The molecule has 2 nitrogen and oxygen atoms in total. The molecule has 0 radical (unpaired) electrons. The summed E-state index contributed by atoms with van der Waals surface area (Å²) in [4.78, 5) is 0. The Balaban J connectivity index is 1.29. The maximum Gasteiger partial charge on any atom is 0.183 e. The van der Waals surface area contributed by atoms with Crippen LogP contribution in [0.5, 0.6) is 0 Å². The van der Waals surface area contributed by atoms with Crippen molar-refractivity contribution in [2.45, 2.75) is 77.4 Å². The first-order valence-electron chi connectivity index (χ1n) is 11.0. The summed E-state index contributed by atoms with van der Waals surface area (Å²) in [5.41, 5.74) is 2.69. The van der Waals surface area contributed by atoms with E-state index in [1.54, 1.807) is 0 Å². The molecule has 1 aliphatic heterocycles. The van der Waals surface area contributed by atoms with Gasteiger partial charge in [0.2, 0.25) is 0 Å². The normalized spacial score (nSPS) is 38.8. The Hall–Kier alpha value is -0.860. The van der Waals surface area contributed by atoms with Crippen molar-refractivity contribution in [1.82, 2.24) is 0 Å². The molecule has 2 heteroatoms. The lowest BCUT2D eigenvalue weighted by Crippen LogP contribution is -2.34. The highest BCUT2D eigenvalue weighted by molar-refractivity contribution is 5.26. The molecule has 1 heterocycles. The highest BCUT2D eigenvalue weighted by Crippen LogP contribution is 2.38. The van der Waals surface area contributed by atoms with Crippen molar-refractivity contribution < 1.29 is 9.47 Å². The van der Waals surface area contributed by atoms with Gasteiger partial charge in [0.15, 0.2) is 6.29 Å². The minimum Gasteiger partial charge on any atom is -0.348 e. The monoisotopic (exact) mass is 356 g/mol. The molecule has 144 valence electrons. The van der Waals surface area contributed by atoms with Crippen molar-refractivity contribution in [3.05, 3.63) is 35.4 Å². The van der Waals surface area contributed by atoms with E-state index in [2.05, 4.69) is 38.1 Å². The Morgan fingerprint density at radius 3 is 1.69 bits per heavy atom. The fourth-order valence-electron chi connectivity index (χ4n) is 5.26. The lowest BCUT2D eigenvalue weighted by atomic mass is 9.76. The smallest absolute Gasteiger partial charge is 0.183 e. The van der Waals surface area contributed by atoms with Crippen LogP contribution in [0.25, 0.3) is 0 Å². The van der Waals surface area contributed by atoms with E-state index in [9.17, 15) is 0 Å². The summed E-state index contributed by atoms with van der Waals surface area (Å²) in [5, 5.41) is 0. The largest absolute Gasteiger partial charge is 0.348 e. The summed E-state index contributed by atoms with van der Waals surface area (Å²) in [7, 11) is 0. The summed E-state index contributed by atoms with van der Waals surface area (Å²) >= 11 is 0. The van der Waals surface area contributed by atoms with Gasteiger partial charge in [0.05, 0.1) is 13.2 Å². The highest BCUT2D eigenvalue weighted by Gasteiger charge is 2.31. The van der Waals surface area contributed by atoms with E-state index in [0.717, 1.165) is 36.9 Å². The number of ether oxygens (including phenoxy) is 2. The number of hydrogen-bond donors (Lipinski definition) is 0. The molecule has 1 aromatic carbocycles. The van der Waals surface area contributed by atoms with Gasteiger partial charge in [-0.25, -0.2) is 0 Å². The standard InChI is InChI=1S/C24H36O2/c1-17-3-7-19(8-4-17)20-11-13-22(14-12-20)24-25-15-23(16-26-24)21-9-5-18(2)6-10-21/h11-14,17-19,21,23-24H,3-10,15-16H2,1-2H3. The van der Waals surface area contributed by atoms with Crippen molar-refractivity contribution in [2.24, 2.45) is 23.7 Å². The van der Waals surface area contributed by atoms with Gasteiger partial charge in [0, 0.05) is 11.5 Å². The zero-order valence-electron chi connectivity index (χ0n) is 16.7. The summed E-state index contributed by atoms with van der Waals surface area (Å²) < 4.78 is 12.3. The molecular weight excluding hydrogens is 320 g/mol. The molecule has 0 aromatic heterocycles. The minimum absolute atomic E-state index is 0.158. The molecule has 0 N–H and O–H groups in total. The van der Waals surface area contributed by atoms with Gasteiger partial charge in [0.25, 0.3) is 0 Å². The van der Waals surface area contributed by atoms with Gasteiger partial charge in [-0.15, -0.1) is 0 Å². The molecule has 4 rings (SSSR count). The van der Waals surface area contributed by atoms with Gasteiger partial charge < -0.3 is 9.47 Å². The molecule has 0 bridgehead atoms. The van der Waals surface area contributed by atoms with Crippen LogP contribution in [0, 0.1) is 23.7 Å². The second-order valence-corrected chi connectivity index (χ2v) is 9.40. The topological polar surface area (TPSA) is 18.5 Å². The molecule has 2 aliphatic carbocycles. The van der Waals surface area contributed by atoms with E-state index in [0.29, 0.717) is 5.92 Å². The summed E-state index contributed by atoms with van der Waals surface area (Å²) in [6.45, 7) is 6.51. The second-order valence-electron chi connectivity index (χ2n) is 9.40. The molecule has 0 amide bonds. The van der Waals surface area contributed by atoms with Crippen molar-refractivity contribution in [2.75, 3.05) is 13.2 Å². The quantitative estimate of drug-likeness (QED) is 0.618. The summed E-state index contributed by atoms with van der Waals surface area (Å²) in [6, 6.07) is 9.11. The minimum atomic E-state index is -0.158. The third-order valence-corrected chi connectivity index (χ3v) is 7.35.